The fourth-order valence-electron chi connectivity index (χ4n) is 0.534. The molecule has 3 heteroatoms. The lowest BCUT2D eigenvalue weighted by atomic mass is 10.2. The Morgan fingerprint density at radius 2 is 1.75 bits per heavy atom. The second-order valence-electron chi connectivity index (χ2n) is 2.21. The Morgan fingerprint density at radius 3 is 1.92 bits per heavy atom. The van der Waals surface area contributed by atoms with Crippen molar-refractivity contribution >= 4 is 6.09 Å². The van der Waals surface area contributed by atoms with Gasteiger partial charge >= 0.3 is 6.09 Å². The van der Waals surface area contributed by atoms with Gasteiger partial charge in [0.15, 0.2) is 0 Å². The molecule has 12 heavy (non-hydrogen) atoms. The molecule has 1 amide bonds. The number of benzene rings is 1. The van der Waals surface area contributed by atoms with Crippen molar-refractivity contribution in [3.8, 4) is 0 Å². The highest BCUT2D eigenvalue weighted by atomic mass is 16.4. The monoisotopic (exact) mass is 167 g/mol. The van der Waals surface area contributed by atoms with Crippen LogP contribution in [0.3, 0.4) is 0 Å². The van der Waals surface area contributed by atoms with Gasteiger partial charge in [-0.25, -0.2) is 4.79 Å². The molecule has 3 nitrogen and oxygen atoms in total. The van der Waals surface area contributed by atoms with E-state index in [1.54, 1.807) is 0 Å². The Kier molecular flexibility index (Phi) is 5.43. The number of carbonyl (C=O) groups is 1. The normalized spacial score (nSPS) is 7.83. The van der Waals surface area contributed by atoms with Crippen molar-refractivity contribution in [1.82, 2.24) is 5.32 Å². The van der Waals surface area contributed by atoms with E-state index >= 15 is 0 Å². The first-order valence-corrected chi connectivity index (χ1v) is 3.59. The maximum atomic E-state index is 9.26. The van der Waals surface area contributed by atoms with Crippen LogP contribution >= 0.6 is 0 Å². The Morgan fingerprint density at radius 1 is 1.33 bits per heavy atom. The molecule has 1 aromatic rings. The van der Waals surface area contributed by atoms with Crippen LogP contribution in [-0.2, 0) is 0 Å². The first-order valence-electron chi connectivity index (χ1n) is 3.59. The maximum Gasteiger partial charge on any atom is 0.404 e. The zero-order valence-electron chi connectivity index (χ0n) is 7.24. The van der Waals surface area contributed by atoms with Crippen LogP contribution in [0, 0.1) is 6.92 Å². The van der Waals surface area contributed by atoms with Gasteiger partial charge < -0.3 is 10.4 Å². The van der Waals surface area contributed by atoms with Crippen LogP contribution in [0.25, 0.3) is 0 Å². The summed E-state index contributed by atoms with van der Waals surface area (Å²) in [4.78, 5) is 9.26. The average Bonchev–Trinajstić information content (AvgIpc) is 2.07. The number of hydrogen-bond acceptors (Lipinski definition) is 1. The lowest BCUT2D eigenvalue weighted by molar-refractivity contribution is 0.197. The summed E-state index contributed by atoms with van der Waals surface area (Å²) in [6, 6.07) is 10.3. The minimum Gasteiger partial charge on any atom is -0.465 e. The van der Waals surface area contributed by atoms with E-state index in [4.69, 9.17) is 5.11 Å². The van der Waals surface area contributed by atoms with Crippen molar-refractivity contribution in [3.63, 3.8) is 0 Å². The molecule has 1 rings (SSSR count). The summed E-state index contributed by atoms with van der Waals surface area (Å²) in [6.07, 6.45) is -0.995. The van der Waals surface area contributed by atoms with E-state index in [2.05, 4.69) is 19.1 Å². The third kappa shape index (κ3) is 6.61. The van der Waals surface area contributed by atoms with Gasteiger partial charge in [0, 0.05) is 7.05 Å². The SMILES string of the molecule is CNC(=O)O.Cc1ccccc1. The summed E-state index contributed by atoms with van der Waals surface area (Å²) in [5, 5.41) is 9.56. The number of hydrogen-bond donors (Lipinski definition) is 2. The molecular formula is C9H13NO2. The lowest BCUT2D eigenvalue weighted by Crippen LogP contribution is -2.13. The molecule has 66 valence electrons. The zero-order valence-corrected chi connectivity index (χ0v) is 7.24. The highest BCUT2D eigenvalue weighted by Crippen LogP contribution is 1.92. The summed E-state index contributed by atoms with van der Waals surface area (Å²) in [6.45, 7) is 2.08. The first kappa shape index (κ1) is 10.5. The maximum absolute atomic E-state index is 9.26. The van der Waals surface area contributed by atoms with Crippen LogP contribution in [0.2, 0.25) is 0 Å². The van der Waals surface area contributed by atoms with Crippen LogP contribution in [0.4, 0.5) is 4.79 Å². The van der Waals surface area contributed by atoms with E-state index in [1.807, 2.05) is 23.5 Å². The Labute approximate surface area is 72.0 Å². The van der Waals surface area contributed by atoms with Crippen molar-refractivity contribution in [2.45, 2.75) is 6.92 Å². The molecule has 0 radical (unpaired) electrons. The molecule has 0 spiro atoms. The van der Waals surface area contributed by atoms with Crippen LogP contribution in [0.15, 0.2) is 30.3 Å². The first-order chi connectivity index (χ1) is 5.66. The molecule has 0 saturated carbocycles. The van der Waals surface area contributed by atoms with Crippen LogP contribution in [0.5, 0.6) is 0 Å². The highest BCUT2D eigenvalue weighted by Gasteiger charge is 1.77. The standard InChI is InChI=1S/C7H8.C2H5NO2/c1-7-5-3-2-4-6-7;1-3-2(4)5/h2-6H,1H3;3H,1H3,(H,4,5). The minimum absolute atomic E-state index is 0.995. The molecule has 0 aliphatic heterocycles. The van der Waals surface area contributed by atoms with E-state index in [1.165, 1.54) is 12.6 Å². The number of carboxylic acid groups (broad SMARTS) is 1. The van der Waals surface area contributed by atoms with Crippen LogP contribution in [-0.4, -0.2) is 18.2 Å². The number of nitrogens with one attached hydrogen (secondary N) is 1. The van der Waals surface area contributed by atoms with Crippen molar-refractivity contribution in [2.75, 3.05) is 7.05 Å². The largest absolute Gasteiger partial charge is 0.465 e. The Bertz CT molecular complexity index is 221. The highest BCUT2D eigenvalue weighted by molar-refractivity contribution is 5.63. The smallest absolute Gasteiger partial charge is 0.404 e. The quantitative estimate of drug-likeness (QED) is 0.619. The molecule has 0 fully saturated rings. The molecular weight excluding hydrogens is 154 g/mol. The van der Waals surface area contributed by atoms with Crippen molar-refractivity contribution < 1.29 is 9.90 Å². The minimum atomic E-state index is -0.995. The van der Waals surface area contributed by atoms with Gasteiger partial charge in [-0.15, -0.1) is 0 Å². The van der Waals surface area contributed by atoms with E-state index < -0.39 is 6.09 Å². The van der Waals surface area contributed by atoms with Gasteiger partial charge in [0.25, 0.3) is 0 Å². The number of aryl methyl sites for hydroxylation is 1. The van der Waals surface area contributed by atoms with E-state index in [0.29, 0.717) is 0 Å². The van der Waals surface area contributed by atoms with E-state index in [-0.39, 0.29) is 0 Å². The third-order valence-electron chi connectivity index (χ3n) is 1.15. The predicted octanol–water partition coefficient (Wildman–Crippen LogP) is 1.88. The van der Waals surface area contributed by atoms with Gasteiger partial charge in [-0.05, 0) is 6.92 Å². The fourth-order valence-corrected chi connectivity index (χ4v) is 0.534. The Balaban J connectivity index is 0.000000217. The van der Waals surface area contributed by atoms with Gasteiger partial charge in [0.05, 0.1) is 0 Å². The Hall–Kier alpha value is -1.51. The summed E-state index contributed by atoms with van der Waals surface area (Å²) in [5.41, 5.74) is 1.32. The average molecular weight is 167 g/mol. The molecule has 2 N–H and O–H groups in total. The number of amides is 1. The molecule has 0 saturated heterocycles. The fraction of sp³-hybridized carbons (Fsp3) is 0.222. The van der Waals surface area contributed by atoms with Gasteiger partial charge in [-0.3, -0.25) is 0 Å². The van der Waals surface area contributed by atoms with Gasteiger partial charge in [-0.1, -0.05) is 35.9 Å². The third-order valence-corrected chi connectivity index (χ3v) is 1.15. The summed E-state index contributed by atoms with van der Waals surface area (Å²) >= 11 is 0. The van der Waals surface area contributed by atoms with Gasteiger partial charge in [0.1, 0.15) is 0 Å². The molecule has 1 aromatic carbocycles. The lowest BCUT2D eigenvalue weighted by Gasteiger charge is -1.82. The molecule has 0 unspecified atom stereocenters. The van der Waals surface area contributed by atoms with Gasteiger partial charge in [0.2, 0.25) is 0 Å². The summed E-state index contributed by atoms with van der Waals surface area (Å²) in [5.74, 6) is 0. The predicted molar refractivity (Wildman–Crippen MR) is 48.3 cm³/mol. The van der Waals surface area contributed by atoms with Gasteiger partial charge in [-0.2, -0.15) is 0 Å². The van der Waals surface area contributed by atoms with Crippen LogP contribution in [0.1, 0.15) is 5.56 Å². The molecule has 0 heterocycles. The summed E-state index contributed by atoms with van der Waals surface area (Å²) < 4.78 is 0. The molecule has 0 aliphatic carbocycles. The zero-order chi connectivity index (χ0) is 9.40. The van der Waals surface area contributed by atoms with Crippen molar-refractivity contribution in [2.24, 2.45) is 0 Å². The molecule has 0 atom stereocenters. The molecule has 0 bridgehead atoms. The van der Waals surface area contributed by atoms with Crippen molar-refractivity contribution in [3.05, 3.63) is 35.9 Å². The summed E-state index contributed by atoms with van der Waals surface area (Å²) in [7, 11) is 1.35. The molecule has 0 aromatic heterocycles. The van der Waals surface area contributed by atoms with Crippen molar-refractivity contribution in [1.29, 1.82) is 0 Å². The van der Waals surface area contributed by atoms with E-state index in [9.17, 15) is 4.79 Å². The molecule has 0 aliphatic rings. The van der Waals surface area contributed by atoms with E-state index in [0.717, 1.165) is 0 Å². The topological polar surface area (TPSA) is 49.3 Å². The second kappa shape index (κ2) is 6.22. The van der Waals surface area contributed by atoms with Crippen LogP contribution < -0.4 is 5.32 Å². The number of rotatable bonds is 0. The second-order valence-corrected chi connectivity index (χ2v) is 2.21.